The lowest BCUT2D eigenvalue weighted by molar-refractivity contribution is -0.117. The van der Waals surface area contributed by atoms with Crippen molar-refractivity contribution in [2.75, 3.05) is 31.2 Å². The third kappa shape index (κ3) is 4.61. The van der Waals surface area contributed by atoms with Crippen molar-refractivity contribution in [3.05, 3.63) is 35.2 Å². The van der Waals surface area contributed by atoms with Gasteiger partial charge >= 0.3 is 0 Å². The fourth-order valence-electron chi connectivity index (χ4n) is 3.50. The van der Waals surface area contributed by atoms with Gasteiger partial charge in [0.05, 0.1) is 18.9 Å². The zero-order valence-electron chi connectivity index (χ0n) is 14.8. The number of nitrogens with one attached hydrogen (secondary N) is 1. The van der Waals surface area contributed by atoms with Crippen molar-refractivity contribution in [2.24, 2.45) is 0 Å². The van der Waals surface area contributed by atoms with E-state index in [0.717, 1.165) is 25.7 Å². The first-order valence-corrected chi connectivity index (χ1v) is 9.22. The van der Waals surface area contributed by atoms with Gasteiger partial charge in [0.1, 0.15) is 17.5 Å². The molecule has 1 aromatic rings. The molecule has 1 saturated heterocycles. The lowest BCUT2D eigenvalue weighted by Gasteiger charge is -2.29. The second-order valence-corrected chi connectivity index (χ2v) is 6.79. The minimum Gasteiger partial charge on any atom is -0.378 e. The van der Waals surface area contributed by atoms with Crippen LogP contribution in [0.25, 0.3) is 6.08 Å². The van der Waals surface area contributed by atoms with Gasteiger partial charge in [-0.3, -0.25) is 4.79 Å². The Bertz CT molecular complexity index is 714. The number of nitrogens with zero attached hydrogens (tertiary/aromatic N) is 2. The minimum atomic E-state index is -0.378. The van der Waals surface area contributed by atoms with Crippen LogP contribution in [-0.4, -0.2) is 38.3 Å². The number of amides is 1. The molecule has 26 heavy (non-hydrogen) atoms. The van der Waals surface area contributed by atoms with Gasteiger partial charge in [0.15, 0.2) is 0 Å². The lowest BCUT2D eigenvalue weighted by atomic mass is 9.95. The largest absolute Gasteiger partial charge is 0.378 e. The molecule has 0 aromatic heterocycles. The molecule has 2 fully saturated rings. The van der Waals surface area contributed by atoms with E-state index in [2.05, 4.69) is 5.32 Å². The Morgan fingerprint density at radius 3 is 2.65 bits per heavy atom. The van der Waals surface area contributed by atoms with E-state index in [0.29, 0.717) is 37.6 Å². The van der Waals surface area contributed by atoms with Gasteiger partial charge in [-0.25, -0.2) is 4.39 Å². The maximum atomic E-state index is 14.5. The first-order valence-electron chi connectivity index (χ1n) is 9.22. The third-order valence-corrected chi connectivity index (χ3v) is 4.94. The number of hydrogen-bond acceptors (Lipinski definition) is 4. The summed E-state index contributed by atoms with van der Waals surface area (Å²) in [6, 6.07) is 6.87. The van der Waals surface area contributed by atoms with E-state index in [-0.39, 0.29) is 23.3 Å². The molecule has 0 radical (unpaired) electrons. The standard InChI is InChI=1S/C20H24FN3O2/c21-18-13-15(6-7-19(18)24-8-10-26-11-9-24)12-16(14-22)20(25)23-17-4-2-1-3-5-17/h6-7,12-13,17H,1-5,8-11H2,(H,23,25)/b16-12-. The Hall–Kier alpha value is -2.39. The fourth-order valence-corrected chi connectivity index (χ4v) is 3.50. The molecule has 138 valence electrons. The number of carbonyl (C=O) groups excluding carboxylic acids is 1. The van der Waals surface area contributed by atoms with Crippen LogP contribution in [0, 0.1) is 17.1 Å². The van der Waals surface area contributed by atoms with E-state index in [1.165, 1.54) is 18.6 Å². The Labute approximate surface area is 153 Å². The van der Waals surface area contributed by atoms with E-state index in [1.54, 1.807) is 12.1 Å². The third-order valence-electron chi connectivity index (χ3n) is 4.94. The van der Waals surface area contributed by atoms with Crippen LogP contribution in [0.1, 0.15) is 37.7 Å². The van der Waals surface area contributed by atoms with Crippen molar-refractivity contribution in [3.8, 4) is 6.07 Å². The minimum absolute atomic E-state index is 0.00842. The molecule has 1 amide bonds. The summed E-state index contributed by atoms with van der Waals surface area (Å²) in [5.41, 5.74) is 1.04. The van der Waals surface area contributed by atoms with E-state index in [9.17, 15) is 14.4 Å². The quantitative estimate of drug-likeness (QED) is 0.664. The zero-order chi connectivity index (χ0) is 18.4. The van der Waals surface area contributed by atoms with E-state index in [4.69, 9.17) is 4.74 Å². The zero-order valence-corrected chi connectivity index (χ0v) is 14.8. The Kier molecular flexibility index (Phi) is 6.24. The highest BCUT2D eigenvalue weighted by molar-refractivity contribution is 6.01. The number of anilines is 1. The molecule has 1 saturated carbocycles. The number of hydrogen-bond donors (Lipinski definition) is 1. The van der Waals surface area contributed by atoms with Crippen LogP contribution >= 0.6 is 0 Å². The van der Waals surface area contributed by atoms with Crippen LogP contribution in [0.3, 0.4) is 0 Å². The van der Waals surface area contributed by atoms with Crippen LogP contribution in [0.15, 0.2) is 23.8 Å². The van der Waals surface area contributed by atoms with E-state index >= 15 is 0 Å². The summed E-state index contributed by atoms with van der Waals surface area (Å²) in [4.78, 5) is 14.3. The SMILES string of the molecule is N#C/C(=C/c1ccc(N2CCOCC2)c(F)c1)C(=O)NC1CCCCC1. The number of nitriles is 1. The number of halogens is 1. The molecule has 1 N–H and O–H groups in total. The normalized spacial score (nSPS) is 19.1. The Balaban J connectivity index is 1.71. The van der Waals surface area contributed by atoms with Crippen molar-refractivity contribution in [2.45, 2.75) is 38.1 Å². The van der Waals surface area contributed by atoms with Gasteiger partial charge < -0.3 is 15.0 Å². The molecule has 1 aliphatic heterocycles. The molecular formula is C20H24FN3O2. The molecule has 1 heterocycles. The fraction of sp³-hybridized carbons (Fsp3) is 0.500. The number of rotatable bonds is 4. The summed E-state index contributed by atoms with van der Waals surface area (Å²) < 4.78 is 19.8. The molecule has 0 unspecified atom stereocenters. The summed E-state index contributed by atoms with van der Waals surface area (Å²) in [6.45, 7) is 2.47. The predicted octanol–water partition coefficient (Wildman–Crippen LogP) is 3.02. The van der Waals surface area contributed by atoms with Gasteiger partial charge in [-0.05, 0) is 36.6 Å². The number of ether oxygens (including phenoxy) is 1. The molecule has 1 aromatic carbocycles. The Morgan fingerprint density at radius 1 is 1.27 bits per heavy atom. The maximum absolute atomic E-state index is 14.5. The van der Waals surface area contributed by atoms with E-state index in [1.807, 2.05) is 11.0 Å². The highest BCUT2D eigenvalue weighted by Crippen LogP contribution is 2.23. The molecule has 0 bridgehead atoms. The highest BCUT2D eigenvalue weighted by Gasteiger charge is 2.19. The van der Waals surface area contributed by atoms with Crippen molar-refractivity contribution in [1.29, 1.82) is 5.26 Å². The highest BCUT2D eigenvalue weighted by atomic mass is 19.1. The van der Waals surface area contributed by atoms with Crippen LogP contribution < -0.4 is 10.2 Å². The lowest BCUT2D eigenvalue weighted by Crippen LogP contribution is -2.37. The average Bonchev–Trinajstić information content (AvgIpc) is 2.67. The van der Waals surface area contributed by atoms with Gasteiger partial charge in [-0.15, -0.1) is 0 Å². The second kappa shape index (κ2) is 8.81. The monoisotopic (exact) mass is 357 g/mol. The molecule has 0 spiro atoms. The first-order chi connectivity index (χ1) is 12.7. The van der Waals surface area contributed by atoms with Crippen molar-refractivity contribution < 1.29 is 13.9 Å². The predicted molar refractivity (Wildman–Crippen MR) is 98.0 cm³/mol. The molecule has 2 aliphatic rings. The van der Waals surface area contributed by atoms with Crippen molar-refractivity contribution in [3.63, 3.8) is 0 Å². The summed E-state index contributed by atoms with van der Waals surface area (Å²) in [7, 11) is 0. The topological polar surface area (TPSA) is 65.4 Å². The van der Waals surface area contributed by atoms with Gasteiger partial charge in [0.25, 0.3) is 5.91 Å². The van der Waals surface area contributed by atoms with Crippen LogP contribution in [-0.2, 0) is 9.53 Å². The number of carbonyl (C=O) groups is 1. The molecular weight excluding hydrogens is 333 g/mol. The first kappa shape index (κ1) is 18.4. The van der Waals surface area contributed by atoms with Crippen molar-refractivity contribution >= 4 is 17.7 Å². The summed E-state index contributed by atoms with van der Waals surface area (Å²) >= 11 is 0. The summed E-state index contributed by atoms with van der Waals surface area (Å²) in [5.74, 6) is -0.734. The summed E-state index contributed by atoms with van der Waals surface area (Å²) in [6.07, 6.45) is 6.75. The van der Waals surface area contributed by atoms with Crippen LogP contribution in [0.4, 0.5) is 10.1 Å². The molecule has 3 rings (SSSR count). The molecule has 1 aliphatic carbocycles. The number of morpholine rings is 1. The molecule has 6 heteroatoms. The smallest absolute Gasteiger partial charge is 0.262 e. The molecule has 0 atom stereocenters. The number of benzene rings is 1. The van der Waals surface area contributed by atoms with Gasteiger partial charge in [-0.1, -0.05) is 25.3 Å². The van der Waals surface area contributed by atoms with Gasteiger partial charge in [0.2, 0.25) is 0 Å². The summed E-state index contributed by atoms with van der Waals surface area (Å²) in [5, 5.41) is 12.2. The molecule has 5 nitrogen and oxygen atoms in total. The second-order valence-electron chi connectivity index (χ2n) is 6.79. The maximum Gasteiger partial charge on any atom is 0.262 e. The Morgan fingerprint density at radius 2 is 2.00 bits per heavy atom. The van der Waals surface area contributed by atoms with Crippen molar-refractivity contribution in [1.82, 2.24) is 5.32 Å². The average molecular weight is 357 g/mol. The van der Waals surface area contributed by atoms with E-state index < -0.39 is 0 Å². The van der Waals surface area contributed by atoms with Crippen LogP contribution in [0.2, 0.25) is 0 Å². The van der Waals surface area contributed by atoms with Crippen LogP contribution in [0.5, 0.6) is 0 Å². The van der Waals surface area contributed by atoms with Gasteiger partial charge in [0, 0.05) is 19.1 Å². The van der Waals surface area contributed by atoms with Gasteiger partial charge in [-0.2, -0.15) is 5.26 Å².